The third-order valence-corrected chi connectivity index (χ3v) is 20.8. The van der Waals surface area contributed by atoms with Crippen molar-refractivity contribution < 1.29 is 117 Å². The predicted octanol–water partition coefficient (Wildman–Crippen LogP) is 11.2. The molecule has 24 nitrogen and oxygen atoms in total. The number of hydrogen-bond acceptors (Lipinski definition) is 23. The lowest BCUT2D eigenvalue weighted by atomic mass is 9.84. The molecule has 11 N–H and O–H groups in total. The molecule has 99 heavy (non-hydrogen) atoms. The Morgan fingerprint density at radius 2 is 0.707 bits per heavy atom. The van der Waals surface area contributed by atoms with Crippen LogP contribution in [0, 0.1) is 5.92 Å². The zero-order valence-electron chi connectivity index (χ0n) is 61.2. The zero-order chi connectivity index (χ0) is 72.6. The van der Waals surface area contributed by atoms with Crippen molar-refractivity contribution in [3.63, 3.8) is 0 Å². The monoisotopic (exact) mass is 1440 g/mol. The Kier molecular flexibility index (Phi) is 51.0. The minimum Gasteiger partial charge on any atom is -0.463 e. The zero-order valence-corrected chi connectivity index (χ0v) is 62.1. The third kappa shape index (κ3) is 38.7. The van der Waals surface area contributed by atoms with E-state index in [0.29, 0.717) is 25.2 Å². The molecule has 25 heteroatoms. The summed E-state index contributed by atoms with van der Waals surface area (Å²) in [6, 6.07) is 0. The highest BCUT2D eigenvalue weighted by Crippen LogP contribution is 2.49. The van der Waals surface area contributed by atoms with E-state index in [-0.39, 0.29) is 19.3 Å². The predicted molar refractivity (Wildman–Crippen MR) is 375 cm³/mol. The van der Waals surface area contributed by atoms with Crippen molar-refractivity contribution in [1.82, 2.24) is 0 Å². The van der Waals surface area contributed by atoms with Crippen molar-refractivity contribution in [3.05, 3.63) is 0 Å². The number of carbonyl (C=O) groups excluding carboxylic acids is 3. The first-order valence-electron chi connectivity index (χ1n) is 39.2. The van der Waals surface area contributed by atoms with Gasteiger partial charge in [0, 0.05) is 19.3 Å². The quantitative estimate of drug-likeness (QED) is 0.0117. The van der Waals surface area contributed by atoms with Crippen molar-refractivity contribution in [2.24, 2.45) is 5.92 Å². The Balaban J connectivity index is 1.72. The molecular weight excluding hydrogens is 1300 g/mol. The van der Waals surface area contributed by atoms with Gasteiger partial charge < -0.3 is 89.1 Å². The van der Waals surface area contributed by atoms with Gasteiger partial charge in [0.2, 0.25) is 0 Å². The standard InChI is InChI=1S/C74H139O24P/c1-5-8-11-14-17-19-21-23-25-27-29-31-37-42-47-58(76)90-51-55(93-60(78)49-44-39-32-30-28-26-24-22-20-18-15-12-9-6-2)52-92-99(88,89)98-72-70(96-73-68(86)63(81)61(79)56(50-75)94-73)66(84)65(83)67(85)71(72)97-74-69(87)64(82)62(80)57(95-74)53-91-59(77)48-43-38-34-33-36-41-46-54(4)45-40-35-16-13-10-7-3/h54-57,61-75,79-87H,5-53H2,1-4H3,(H,88,89). The molecule has 19 unspecified atom stereocenters. The fourth-order valence-corrected chi connectivity index (χ4v) is 14.3. The van der Waals surface area contributed by atoms with Crippen LogP contribution in [0.3, 0.4) is 0 Å². The lowest BCUT2D eigenvalue weighted by molar-refractivity contribution is -0.360. The Morgan fingerprint density at radius 3 is 1.09 bits per heavy atom. The molecular formula is C74H139O24P. The van der Waals surface area contributed by atoms with Crippen molar-refractivity contribution in [1.29, 1.82) is 0 Å². The highest BCUT2D eigenvalue weighted by molar-refractivity contribution is 7.47. The fourth-order valence-electron chi connectivity index (χ4n) is 13.3. The lowest BCUT2D eigenvalue weighted by Gasteiger charge is -2.49. The van der Waals surface area contributed by atoms with Gasteiger partial charge in [-0.15, -0.1) is 0 Å². The summed E-state index contributed by atoms with van der Waals surface area (Å²) in [7, 11) is -5.69. The molecule has 584 valence electrons. The minimum absolute atomic E-state index is 0.0310. The van der Waals surface area contributed by atoms with Crippen LogP contribution >= 0.6 is 7.82 Å². The average Bonchev–Trinajstić information content (AvgIpc) is 0.764. The van der Waals surface area contributed by atoms with E-state index in [0.717, 1.165) is 89.9 Å². The fraction of sp³-hybridized carbons (Fsp3) is 0.959. The molecule has 0 bridgehead atoms. The first kappa shape index (κ1) is 91.2. The van der Waals surface area contributed by atoms with Gasteiger partial charge in [-0.3, -0.25) is 23.4 Å². The van der Waals surface area contributed by atoms with Crippen LogP contribution < -0.4 is 0 Å². The van der Waals surface area contributed by atoms with E-state index in [1.54, 1.807) is 0 Å². The van der Waals surface area contributed by atoms with Crippen LogP contribution in [0.5, 0.6) is 0 Å². The van der Waals surface area contributed by atoms with Crippen LogP contribution in [0.1, 0.15) is 317 Å². The first-order valence-corrected chi connectivity index (χ1v) is 40.7. The Labute approximate surface area is 593 Å². The summed E-state index contributed by atoms with van der Waals surface area (Å²) in [6.07, 6.45) is 11.6. The van der Waals surface area contributed by atoms with Crippen molar-refractivity contribution in [2.45, 2.75) is 421 Å². The smallest absolute Gasteiger partial charge is 0.463 e. The van der Waals surface area contributed by atoms with Gasteiger partial charge in [-0.2, -0.15) is 0 Å². The Hall–Kier alpha value is -2.04. The first-order chi connectivity index (χ1) is 47.7. The number of hydrogen-bond donors (Lipinski definition) is 11. The van der Waals surface area contributed by atoms with E-state index in [9.17, 15) is 74.9 Å². The molecule has 2 aliphatic heterocycles. The topological polar surface area (TPSA) is 374 Å². The van der Waals surface area contributed by atoms with Gasteiger partial charge >= 0.3 is 25.7 Å². The van der Waals surface area contributed by atoms with E-state index < -0.39 is 156 Å². The van der Waals surface area contributed by atoms with E-state index in [4.69, 9.17) is 42.2 Å². The molecule has 0 spiro atoms. The Bertz CT molecular complexity index is 2060. The molecule has 3 fully saturated rings. The maximum absolute atomic E-state index is 14.3. The van der Waals surface area contributed by atoms with Crippen LogP contribution in [0.25, 0.3) is 0 Å². The number of phosphoric ester groups is 1. The van der Waals surface area contributed by atoms with E-state index in [2.05, 4.69) is 27.7 Å². The lowest BCUT2D eigenvalue weighted by Crippen LogP contribution is -2.69. The normalized spacial score (nSPS) is 27.7. The molecule has 0 radical (unpaired) electrons. The minimum atomic E-state index is -5.69. The summed E-state index contributed by atoms with van der Waals surface area (Å²) in [4.78, 5) is 51.1. The maximum Gasteiger partial charge on any atom is 0.472 e. The van der Waals surface area contributed by atoms with Crippen molar-refractivity contribution in [2.75, 3.05) is 26.4 Å². The van der Waals surface area contributed by atoms with Crippen LogP contribution in [-0.4, -0.2) is 204 Å². The number of aliphatic hydroxyl groups is 10. The summed E-state index contributed by atoms with van der Waals surface area (Å²) in [5, 5.41) is 110. The Morgan fingerprint density at radius 1 is 0.384 bits per heavy atom. The van der Waals surface area contributed by atoms with E-state index in [1.165, 1.54) is 161 Å². The molecule has 19 atom stereocenters. The summed E-state index contributed by atoms with van der Waals surface area (Å²) in [5.74, 6) is -1.28. The molecule has 2 saturated heterocycles. The molecule has 0 amide bonds. The summed E-state index contributed by atoms with van der Waals surface area (Å²) in [5.41, 5.74) is 0. The molecule has 2 heterocycles. The van der Waals surface area contributed by atoms with Gasteiger partial charge in [0.05, 0.1) is 13.2 Å². The van der Waals surface area contributed by atoms with Gasteiger partial charge in [0.15, 0.2) is 18.7 Å². The highest BCUT2D eigenvalue weighted by atomic mass is 31.2. The molecule has 0 aromatic carbocycles. The number of rotatable bonds is 61. The van der Waals surface area contributed by atoms with Gasteiger partial charge in [0.25, 0.3) is 0 Å². The summed E-state index contributed by atoms with van der Waals surface area (Å²) >= 11 is 0. The van der Waals surface area contributed by atoms with Crippen LogP contribution in [0.4, 0.5) is 0 Å². The summed E-state index contributed by atoms with van der Waals surface area (Å²) in [6.45, 7) is 5.80. The molecule has 3 aliphatic rings. The number of carbonyl (C=O) groups is 3. The largest absolute Gasteiger partial charge is 0.472 e. The summed E-state index contributed by atoms with van der Waals surface area (Å²) < 4.78 is 65.1. The average molecular weight is 1440 g/mol. The van der Waals surface area contributed by atoms with Gasteiger partial charge in [-0.1, -0.05) is 278 Å². The number of ether oxygens (including phenoxy) is 7. The van der Waals surface area contributed by atoms with Crippen LogP contribution in [-0.2, 0) is 61.2 Å². The van der Waals surface area contributed by atoms with Crippen LogP contribution in [0.15, 0.2) is 0 Å². The van der Waals surface area contributed by atoms with E-state index in [1.807, 2.05) is 0 Å². The van der Waals surface area contributed by atoms with Gasteiger partial charge in [-0.25, -0.2) is 4.57 Å². The van der Waals surface area contributed by atoms with Crippen molar-refractivity contribution in [3.8, 4) is 0 Å². The maximum atomic E-state index is 14.3. The molecule has 3 rings (SSSR count). The third-order valence-electron chi connectivity index (χ3n) is 19.8. The van der Waals surface area contributed by atoms with Crippen molar-refractivity contribution >= 4 is 25.7 Å². The second-order valence-electron chi connectivity index (χ2n) is 28.7. The highest BCUT2D eigenvalue weighted by Gasteiger charge is 2.58. The van der Waals surface area contributed by atoms with Crippen LogP contribution in [0.2, 0.25) is 0 Å². The van der Waals surface area contributed by atoms with E-state index >= 15 is 0 Å². The molecule has 1 saturated carbocycles. The molecule has 0 aromatic rings. The number of aliphatic hydroxyl groups excluding tert-OH is 10. The SMILES string of the molecule is CCCCCCCCCCCCCCCCC(=O)OCC(COP(=O)(O)OC1C(OC2OC(CO)C(O)C(O)C2O)C(O)C(O)C(O)C1OC1OC(COC(=O)CCCCCCCCC(C)CCCCCCCC)C(O)C(O)C1O)OC(=O)CCCCCCCCCCCCCCCC. The second-order valence-corrected chi connectivity index (χ2v) is 30.1. The van der Waals surface area contributed by atoms with Gasteiger partial charge in [-0.05, 0) is 25.2 Å². The van der Waals surface area contributed by atoms with Gasteiger partial charge in [0.1, 0.15) is 98.7 Å². The second kappa shape index (κ2) is 55.4. The number of phosphoric acid groups is 1. The molecule has 0 aromatic heterocycles. The number of unbranched alkanes of at least 4 members (excludes halogenated alkanes) is 36. The number of esters is 3. The molecule has 1 aliphatic carbocycles.